The van der Waals surface area contributed by atoms with Crippen LogP contribution in [0.2, 0.25) is 0 Å². The Morgan fingerprint density at radius 1 is 0.304 bits per heavy atom. The van der Waals surface area contributed by atoms with Gasteiger partial charge in [-0.2, -0.15) is 0 Å². The molecule has 546 valence electrons. The topological polar surface area (TPSA) is 237 Å². The van der Waals surface area contributed by atoms with Gasteiger partial charge in [0.2, 0.25) is 0 Å². The summed E-state index contributed by atoms with van der Waals surface area (Å²) in [5, 5.41) is 10.6. The third-order valence-electron chi connectivity index (χ3n) is 17.4. The van der Waals surface area contributed by atoms with E-state index in [1.165, 1.54) is 199 Å². The zero-order valence-corrected chi connectivity index (χ0v) is 61.5. The minimum atomic E-state index is -4.95. The van der Waals surface area contributed by atoms with E-state index in [1.807, 2.05) is 0 Å². The van der Waals surface area contributed by atoms with Crippen LogP contribution in [0.15, 0.2) is 0 Å². The number of rotatable bonds is 73. The molecule has 6 atom stereocenters. The Balaban J connectivity index is 5.13. The van der Waals surface area contributed by atoms with Crippen LogP contribution >= 0.6 is 15.6 Å². The molecule has 0 saturated carbocycles. The number of esters is 4. The van der Waals surface area contributed by atoms with E-state index in [-0.39, 0.29) is 25.7 Å². The van der Waals surface area contributed by atoms with E-state index in [0.29, 0.717) is 25.7 Å². The van der Waals surface area contributed by atoms with Gasteiger partial charge in [0, 0.05) is 25.7 Å². The molecule has 0 aliphatic rings. The van der Waals surface area contributed by atoms with Crippen LogP contribution in [0.5, 0.6) is 0 Å². The van der Waals surface area contributed by atoms with Crippen LogP contribution in [0.4, 0.5) is 0 Å². The van der Waals surface area contributed by atoms with Gasteiger partial charge in [0.1, 0.15) is 19.3 Å². The molecule has 19 heteroatoms. The molecule has 0 aromatic heterocycles. The van der Waals surface area contributed by atoms with Crippen molar-refractivity contribution in [2.24, 2.45) is 5.92 Å². The molecule has 0 spiro atoms. The van der Waals surface area contributed by atoms with Crippen LogP contribution in [-0.2, 0) is 65.4 Å². The van der Waals surface area contributed by atoms with Gasteiger partial charge in [-0.15, -0.1) is 0 Å². The lowest BCUT2D eigenvalue weighted by atomic mass is 9.99. The fourth-order valence-corrected chi connectivity index (χ4v) is 12.7. The lowest BCUT2D eigenvalue weighted by Gasteiger charge is -2.21. The molecular formula is C73H142O17P2. The Hall–Kier alpha value is -1.94. The molecule has 0 aliphatic carbocycles. The molecule has 0 bridgehead atoms. The van der Waals surface area contributed by atoms with E-state index >= 15 is 0 Å². The highest BCUT2D eigenvalue weighted by Crippen LogP contribution is 2.45. The average molecular weight is 1350 g/mol. The highest BCUT2D eigenvalue weighted by atomic mass is 31.2. The van der Waals surface area contributed by atoms with E-state index < -0.39 is 97.5 Å². The minimum absolute atomic E-state index is 0.107. The highest BCUT2D eigenvalue weighted by Gasteiger charge is 2.30. The summed E-state index contributed by atoms with van der Waals surface area (Å²) in [6.07, 6.45) is 54.1. The largest absolute Gasteiger partial charge is 0.472 e. The van der Waals surface area contributed by atoms with Gasteiger partial charge in [0.05, 0.1) is 26.4 Å². The number of hydrogen-bond acceptors (Lipinski definition) is 15. The molecule has 0 heterocycles. The van der Waals surface area contributed by atoms with Crippen LogP contribution in [0, 0.1) is 5.92 Å². The Labute approximate surface area is 562 Å². The molecule has 0 saturated heterocycles. The fraction of sp³-hybridized carbons (Fsp3) is 0.945. The van der Waals surface area contributed by atoms with Gasteiger partial charge in [-0.1, -0.05) is 330 Å². The van der Waals surface area contributed by atoms with Crippen LogP contribution in [0.3, 0.4) is 0 Å². The first kappa shape index (κ1) is 90.1. The highest BCUT2D eigenvalue weighted by molar-refractivity contribution is 7.47. The second-order valence-electron chi connectivity index (χ2n) is 26.6. The van der Waals surface area contributed by atoms with E-state index in [1.54, 1.807) is 0 Å². The molecule has 0 fully saturated rings. The molecular weight excluding hydrogens is 1210 g/mol. The van der Waals surface area contributed by atoms with Crippen molar-refractivity contribution in [3.8, 4) is 0 Å². The Morgan fingerprint density at radius 2 is 0.522 bits per heavy atom. The monoisotopic (exact) mass is 1350 g/mol. The van der Waals surface area contributed by atoms with Crippen molar-refractivity contribution < 1.29 is 80.2 Å². The summed E-state index contributed by atoms with van der Waals surface area (Å²) < 4.78 is 68.3. The van der Waals surface area contributed by atoms with Gasteiger partial charge in [-0.3, -0.25) is 37.3 Å². The molecule has 0 radical (unpaired) electrons. The summed E-state index contributed by atoms with van der Waals surface area (Å²) in [5.74, 6) is -1.25. The molecule has 0 rings (SSSR count). The van der Waals surface area contributed by atoms with Crippen LogP contribution in [0.25, 0.3) is 0 Å². The quantitative estimate of drug-likeness (QED) is 0.0222. The average Bonchev–Trinajstić information content (AvgIpc) is 3.49. The third-order valence-corrected chi connectivity index (χ3v) is 19.3. The second kappa shape index (κ2) is 66.3. The molecule has 0 aromatic rings. The van der Waals surface area contributed by atoms with Crippen LogP contribution in [-0.4, -0.2) is 96.7 Å². The lowest BCUT2D eigenvalue weighted by molar-refractivity contribution is -0.161. The maximum atomic E-state index is 13.0. The van der Waals surface area contributed by atoms with Gasteiger partial charge >= 0.3 is 39.5 Å². The Bertz CT molecular complexity index is 1770. The predicted octanol–water partition coefficient (Wildman–Crippen LogP) is 21.3. The summed E-state index contributed by atoms with van der Waals surface area (Å²) in [6.45, 7) is 7.30. The molecule has 3 N–H and O–H groups in total. The first-order valence-electron chi connectivity index (χ1n) is 38.2. The van der Waals surface area contributed by atoms with Gasteiger partial charge in [-0.25, -0.2) is 9.13 Å². The van der Waals surface area contributed by atoms with Crippen molar-refractivity contribution in [3.05, 3.63) is 0 Å². The molecule has 17 nitrogen and oxygen atoms in total. The van der Waals surface area contributed by atoms with Gasteiger partial charge in [0.15, 0.2) is 12.2 Å². The third kappa shape index (κ3) is 65.4. The summed E-state index contributed by atoms with van der Waals surface area (Å²) in [5.41, 5.74) is 0. The molecule has 0 aromatic carbocycles. The molecule has 0 aliphatic heterocycles. The van der Waals surface area contributed by atoms with Crippen molar-refractivity contribution in [2.45, 2.75) is 400 Å². The standard InChI is InChI=1S/C73H142O17P2/c1-6-10-13-16-19-22-32-37-42-47-52-57-71(76)84-63-69(90-73(78)59-54-49-44-39-35-31-29-27-25-24-26-28-30-34-36-40-45-50-55-66(5)9-4)65-88-92(81,82)86-61-67(74)60-85-91(79,80)87-64-68(62-83-70(75)56-51-46-41-21-18-15-12-8-3)89-72(77)58-53-48-43-38-33-23-20-17-14-11-7-2/h66-69,74H,6-65H2,1-5H3,(H,79,80)(H,81,82)/t66?,67-,68+,69+/m0/s1. The van der Waals surface area contributed by atoms with E-state index in [0.717, 1.165) is 102 Å². The number of ether oxygens (including phenoxy) is 4. The first-order chi connectivity index (χ1) is 44.6. The maximum absolute atomic E-state index is 13.0. The Morgan fingerprint density at radius 3 is 0.772 bits per heavy atom. The zero-order chi connectivity index (χ0) is 67.7. The first-order valence-corrected chi connectivity index (χ1v) is 41.2. The summed E-state index contributed by atoms with van der Waals surface area (Å²) in [6, 6.07) is 0. The summed E-state index contributed by atoms with van der Waals surface area (Å²) in [4.78, 5) is 72.5. The zero-order valence-electron chi connectivity index (χ0n) is 59.7. The van der Waals surface area contributed by atoms with Crippen molar-refractivity contribution in [3.63, 3.8) is 0 Å². The second-order valence-corrected chi connectivity index (χ2v) is 29.5. The SMILES string of the molecule is CCCCCCCCCCCCCC(=O)OC[C@H](COP(=O)(O)OC[C@@H](O)COP(=O)(O)OC[C@@H](COC(=O)CCCCCCCCCC)OC(=O)CCCCCCCCCCCCC)OC(=O)CCCCCCCCCCCCCCCCCCCCC(C)CC. The molecule has 92 heavy (non-hydrogen) atoms. The Kier molecular flexibility index (Phi) is 64.9. The van der Waals surface area contributed by atoms with Crippen LogP contribution in [0.1, 0.15) is 381 Å². The predicted molar refractivity (Wildman–Crippen MR) is 372 cm³/mol. The smallest absolute Gasteiger partial charge is 0.462 e. The molecule has 0 amide bonds. The van der Waals surface area contributed by atoms with Crippen molar-refractivity contribution >= 4 is 39.5 Å². The number of carbonyl (C=O) groups is 4. The minimum Gasteiger partial charge on any atom is -0.462 e. The number of phosphoric ester groups is 2. The van der Waals surface area contributed by atoms with E-state index in [9.17, 15) is 43.2 Å². The normalized spacial score (nSPS) is 14.3. The van der Waals surface area contributed by atoms with Crippen LogP contribution < -0.4 is 0 Å². The summed E-state index contributed by atoms with van der Waals surface area (Å²) >= 11 is 0. The van der Waals surface area contributed by atoms with Gasteiger partial charge in [-0.05, 0) is 31.6 Å². The number of aliphatic hydroxyl groups excluding tert-OH is 1. The number of carbonyl (C=O) groups excluding carboxylic acids is 4. The number of phosphoric acid groups is 2. The van der Waals surface area contributed by atoms with Crippen molar-refractivity contribution in [1.82, 2.24) is 0 Å². The number of aliphatic hydroxyl groups is 1. The summed E-state index contributed by atoms with van der Waals surface area (Å²) in [7, 11) is -9.90. The number of hydrogen-bond donors (Lipinski definition) is 3. The van der Waals surface area contributed by atoms with Gasteiger partial charge < -0.3 is 33.8 Å². The fourth-order valence-electron chi connectivity index (χ4n) is 11.1. The van der Waals surface area contributed by atoms with Crippen molar-refractivity contribution in [1.29, 1.82) is 0 Å². The lowest BCUT2D eigenvalue weighted by Crippen LogP contribution is -2.30. The van der Waals surface area contributed by atoms with Crippen molar-refractivity contribution in [2.75, 3.05) is 39.6 Å². The number of unbranched alkanes of at least 4 members (excludes halogenated alkanes) is 44. The van der Waals surface area contributed by atoms with Gasteiger partial charge in [0.25, 0.3) is 0 Å². The van der Waals surface area contributed by atoms with E-state index in [4.69, 9.17) is 37.0 Å². The molecule has 3 unspecified atom stereocenters. The maximum Gasteiger partial charge on any atom is 0.472 e. The van der Waals surface area contributed by atoms with E-state index in [2.05, 4.69) is 34.6 Å².